The van der Waals surface area contributed by atoms with Gasteiger partial charge >= 0.3 is 6.03 Å². The first-order valence-electron chi connectivity index (χ1n) is 7.13. The smallest absolute Gasteiger partial charge is 0.319 e. The van der Waals surface area contributed by atoms with E-state index in [0.29, 0.717) is 16.3 Å². The molecule has 6 heteroatoms. The summed E-state index contributed by atoms with van der Waals surface area (Å²) in [4.78, 5) is 26.1. The fraction of sp³-hybridized carbons (Fsp3) is 0.467. The topological polar surface area (TPSA) is 61.4 Å². The third-order valence-corrected chi connectivity index (χ3v) is 3.51. The van der Waals surface area contributed by atoms with Crippen LogP contribution in [0.25, 0.3) is 0 Å². The fourth-order valence-electron chi connectivity index (χ4n) is 2.31. The lowest BCUT2D eigenvalue weighted by molar-refractivity contribution is 0.0794. The van der Waals surface area contributed by atoms with Crippen molar-refractivity contribution in [1.29, 1.82) is 0 Å². The lowest BCUT2D eigenvalue weighted by atomic mass is 10.1. The zero-order valence-electron chi connectivity index (χ0n) is 12.3. The second kappa shape index (κ2) is 6.80. The quantitative estimate of drug-likeness (QED) is 0.901. The average molecular weight is 310 g/mol. The van der Waals surface area contributed by atoms with Crippen LogP contribution in [0.3, 0.4) is 0 Å². The largest absolute Gasteiger partial charge is 0.339 e. The normalized spacial score (nSPS) is 14.4. The number of halogens is 1. The van der Waals surface area contributed by atoms with Gasteiger partial charge in [-0.1, -0.05) is 11.6 Å². The maximum atomic E-state index is 12.5. The van der Waals surface area contributed by atoms with Crippen molar-refractivity contribution in [3.8, 4) is 0 Å². The molecule has 5 nitrogen and oxygen atoms in total. The minimum atomic E-state index is -0.331. The van der Waals surface area contributed by atoms with Crippen LogP contribution in [0.15, 0.2) is 18.2 Å². The van der Waals surface area contributed by atoms with Crippen LogP contribution < -0.4 is 10.6 Å². The van der Waals surface area contributed by atoms with E-state index in [1.807, 2.05) is 13.8 Å². The summed E-state index contributed by atoms with van der Waals surface area (Å²) in [7, 11) is 0. The predicted molar refractivity (Wildman–Crippen MR) is 83.9 cm³/mol. The molecular weight excluding hydrogens is 290 g/mol. The maximum absolute atomic E-state index is 12.5. The molecule has 2 N–H and O–H groups in total. The summed E-state index contributed by atoms with van der Waals surface area (Å²) >= 11 is 5.99. The molecule has 21 heavy (non-hydrogen) atoms. The number of benzene rings is 1. The Kier molecular flexibility index (Phi) is 5.07. The van der Waals surface area contributed by atoms with Gasteiger partial charge in [-0.25, -0.2) is 4.79 Å². The number of nitrogens with one attached hydrogen (secondary N) is 2. The van der Waals surface area contributed by atoms with E-state index in [-0.39, 0.29) is 18.0 Å². The van der Waals surface area contributed by atoms with Crippen LogP contribution >= 0.6 is 11.6 Å². The Morgan fingerprint density at radius 1 is 1.24 bits per heavy atom. The Morgan fingerprint density at radius 2 is 1.90 bits per heavy atom. The monoisotopic (exact) mass is 309 g/mol. The number of carbonyl (C=O) groups excluding carboxylic acids is 2. The van der Waals surface area contributed by atoms with E-state index in [0.717, 1.165) is 25.9 Å². The number of nitrogens with zero attached hydrogens (tertiary/aromatic N) is 1. The number of amides is 3. The molecule has 114 valence electrons. The molecule has 1 aromatic carbocycles. The highest BCUT2D eigenvalue weighted by molar-refractivity contribution is 6.31. The first-order chi connectivity index (χ1) is 9.97. The lowest BCUT2D eigenvalue weighted by Crippen LogP contribution is -2.35. The molecule has 0 unspecified atom stereocenters. The molecular formula is C15H20ClN3O2. The van der Waals surface area contributed by atoms with Gasteiger partial charge in [-0.15, -0.1) is 0 Å². The zero-order valence-corrected chi connectivity index (χ0v) is 13.0. The highest BCUT2D eigenvalue weighted by atomic mass is 35.5. The molecule has 0 bridgehead atoms. The van der Waals surface area contributed by atoms with Crippen LogP contribution in [-0.4, -0.2) is 36.0 Å². The van der Waals surface area contributed by atoms with Crippen molar-refractivity contribution in [2.75, 3.05) is 18.4 Å². The summed E-state index contributed by atoms with van der Waals surface area (Å²) in [6, 6.07) is 4.62. The third-order valence-electron chi connectivity index (χ3n) is 3.27. The summed E-state index contributed by atoms with van der Waals surface area (Å²) in [6.07, 6.45) is 2.03. The van der Waals surface area contributed by atoms with Crippen molar-refractivity contribution in [3.05, 3.63) is 28.8 Å². The van der Waals surface area contributed by atoms with Crippen LogP contribution in [0.4, 0.5) is 10.5 Å². The molecule has 1 saturated heterocycles. The molecule has 1 fully saturated rings. The first-order valence-corrected chi connectivity index (χ1v) is 7.51. The van der Waals surface area contributed by atoms with Crippen LogP contribution in [0, 0.1) is 0 Å². The van der Waals surface area contributed by atoms with E-state index in [2.05, 4.69) is 10.6 Å². The van der Waals surface area contributed by atoms with E-state index in [1.165, 1.54) is 0 Å². The van der Waals surface area contributed by atoms with Crippen molar-refractivity contribution in [2.45, 2.75) is 32.7 Å². The number of carbonyl (C=O) groups is 2. The molecule has 0 atom stereocenters. The molecule has 0 aliphatic carbocycles. The van der Waals surface area contributed by atoms with Crippen molar-refractivity contribution in [1.82, 2.24) is 10.2 Å². The van der Waals surface area contributed by atoms with E-state index in [9.17, 15) is 9.59 Å². The van der Waals surface area contributed by atoms with E-state index in [4.69, 9.17) is 11.6 Å². The summed E-state index contributed by atoms with van der Waals surface area (Å²) in [6.45, 7) is 5.25. The molecule has 1 aliphatic rings. The van der Waals surface area contributed by atoms with Crippen LogP contribution in [-0.2, 0) is 0 Å². The van der Waals surface area contributed by atoms with E-state index in [1.54, 1.807) is 23.1 Å². The molecule has 0 spiro atoms. The van der Waals surface area contributed by atoms with Gasteiger partial charge in [0.05, 0.1) is 11.3 Å². The lowest BCUT2D eigenvalue weighted by Gasteiger charge is -2.18. The zero-order chi connectivity index (χ0) is 15.4. The molecule has 0 saturated carbocycles. The first kappa shape index (κ1) is 15.6. The van der Waals surface area contributed by atoms with Crippen molar-refractivity contribution in [3.63, 3.8) is 0 Å². The highest BCUT2D eigenvalue weighted by Crippen LogP contribution is 2.24. The summed E-state index contributed by atoms with van der Waals surface area (Å²) < 4.78 is 0. The third kappa shape index (κ3) is 4.11. The van der Waals surface area contributed by atoms with E-state index < -0.39 is 0 Å². The minimum Gasteiger partial charge on any atom is -0.339 e. The van der Waals surface area contributed by atoms with Gasteiger partial charge in [-0.3, -0.25) is 4.79 Å². The molecule has 2 rings (SSSR count). The number of urea groups is 1. The minimum absolute atomic E-state index is 0.0232. The molecule has 1 aliphatic heterocycles. The van der Waals surface area contributed by atoms with Crippen molar-refractivity contribution < 1.29 is 9.59 Å². The predicted octanol–water partition coefficient (Wildman–Crippen LogP) is 3.11. The molecule has 1 aromatic rings. The molecule has 1 heterocycles. The average Bonchev–Trinajstić information content (AvgIpc) is 2.93. The van der Waals surface area contributed by atoms with Gasteiger partial charge in [-0.05, 0) is 44.9 Å². The number of anilines is 1. The molecule has 0 aromatic heterocycles. The van der Waals surface area contributed by atoms with Gasteiger partial charge in [0, 0.05) is 24.2 Å². The number of hydrogen-bond acceptors (Lipinski definition) is 2. The molecule has 3 amide bonds. The Bertz CT molecular complexity index is 540. The number of hydrogen-bond donors (Lipinski definition) is 2. The van der Waals surface area contributed by atoms with Gasteiger partial charge < -0.3 is 15.5 Å². The van der Waals surface area contributed by atoms with Gasteiger partial charge in [0.1, 0.15) is 0 Å². The Hall–Kier alpha value is -1.75. The van der Waals surface area contributed by atoms with Gasteiger partial charge in [0.15, 0.2) is 0 Å². The standard InChI is InChI=1S/C15H20ClN3O2/c1-10(2)17-15(21)18-13-6-5-11(16)9-12(13)14(20)19-7-3-4-8-19/h5-6,9-10H,3-4,7-8H2,1-2H3,(H2,17,18,21). The second-order valence-corrected chi connectivity index (χ2v) is 5.88. The summed E-state index contributed by atoms with van der Waals surface area (Å²) in [5.41, 5.74) is 0.915. The Labute approximate surface area is 129 Å². The van der Waals surface area contributed by atoms with Gasteiger partial charge in [-0.2, -0.15) is 0 Å². The van der Waals surface area contributed by atoms with Crippen molar-refractivity contribution in [2.24, 2.45) is 0 Å². The number of likely N-dealkylation sites (tertiary alicyclic amines) is 1. The fourth-order valence-corrected chi connectivity index (χ4v) is 2.49. The van der Waals surface area contributed by atoms with Crippen molar-refractivity contribution >= 4 is 29.2 Å². The Morgan fingerprint density at radius 3 is 2.52 bits per heavy atom. The van der Waals surface area contributed by atoms with E-state index >= 15 is 0 Å². The van der Waals surface area contributed by atoms with Gasteiger partial charge in [0.25, 0.3) is 5.91 Å². The van der Waals surface area contributed by atoms with Crippen LogP contribution in [0.1, 0.15) is 37.0 Å². The molecule has 0 radical (unpaired) electrons. The Balaban J connectivity index is 2.20. The van der Waals surface area contributed by atoms with Crippen LogP contribution in [0.2, 0.25) is 5.02 Å². The summed E-state index contributed by atoms with van der Waals surface area (Å²) in [5.74, 6) is -0.0881. The highest BCUT2D eigenvalue weighted by Gasteiger charge is 2.22. The number of rotatable bonds is 3. The SMILES string of the molecule is CC(C)NC(=O)Nc1ccc(Cl)cc1C(=O)N1CCCC1. The second-order valence-electron chi connectivity index (χ2n) is 5.44. The van der Waals surface area contributed by atoms with Crippen LogP contribution in [0.5, 0.6) is 0 Å². The summed E-state index contributed by atoms with van der Waals surface area (Å²) in [5, 5.41) is 5.93. The maximum Gasteiger partial charge on any atom is 0.319 e. The van der Waals surface area contributed by atoms with Gasteiger partial charge in [0.2, 0.25) is 0 Å².